The van der Waals surface area contributed by atoms with E-state index in [1.165, 1.54) is 10.4 Å². The standard InChI is InChI=1S/C15H18N2OS/c1-10-8-14(19-11(10)2)16-15(18)12-6-5-7-13(9-12)17(3)4/h5-9H,1-4H3,(H,16,18). The fourth-order valence-corrected chi connectivity index (χ4v) is 2.67. The van der Waals surface area contributed by atoms with E-state index in [-0.39, 0.29) is 5.91 Å². The lowest BCUT2D eigenvalue weighted by molar-refractivity contribution is 0.102. The van der Waals surface area contributed by atoms with Crippen LogP contribution in [0.3, 0.4) is 0 Å². The second-order valence-corrected chi connectivity index (χ2v) is 6.01. The Balaban J connectivity index is 2.18. The lowest BCUT2D eigenvalue weighted by Crippen LogP contribution is -2.13. The summed E-state index contributed by atoms with van der Waals surface area (Å²) >= 11 is 1.61. The van der Waals surface area contributed by atoms with Gasteiger partial charge in [0.1, 0.15) is 0 Å². The number of anilines is 2. The molecule has 1 heterocycles. The highest BCUT2D eigenvalue weighted by molar-refractivity contribution is 7.16. The van der Waals surface area contributed by atoms with Crippen molar-refractivity contribution in [3.05, 3.63) is 46.3 Å². The summed E-state index contributed by atoms with van der Waals surface area (Å²) in [4.78, 5) is 15.4. The van der Waals surface area contributed by atoms with Crippen LogP contribution in [0.5, 0.6) is 0 Å². The minimum atomic E-state index is -0.0649. The van der Waals surface area contributed by atoms with E-state index in [1.807, 2.05) is 56.3 Å². The molecule has 0 radical (unpaired) electrons. The molecule has 2 rings (SSSR count). The predicted octanol–water partition coefficient (Wildman–Crippen LogP) is 3.68. The Morgan fingerprint density at radius 3 is 2.53 bits per heavy atom. The van der Waals surface area contributed by atoms with Gasteiger partial charge in [-0.25, -0.2) is 0 Å². The van der Waals surface area contributed by atoms with Gasteiger partial charge >= 0.3 is 0 Å². The molecule has 0 atom stereocenters. The van der Waals surface area contributed by atoms with Crippen molar-refractivity contribution in [2.45, 2.75) is 13.8 Å². The zero-order chi connectivity index (χ0) is 14.0. The van der Waals surface area contributed by atoms with Gasteiger partial charge in [-0.05, 0) is 43.7 Å². The number of rotatable bonds is 3. The first-order chi connectivity index (χ1) is 8.97. The zero-order valence-corrected chi connectivity index (χ0v) is 12.5. The summed E-state index contributed by atoms with van der Waals surface area (Å²) in [5.41, 5.74) is 2.91. The molecule has 100 valence electrons. The first-order valence-electron chi connectivity index (χ1n) is 6.13. The van der Waals surface area contributed by atoms with Crippen LogP contribution in [-0.2, 0) is 0 Å². The Kier molecular flexibility index (Phi) is 3.90. The normalized spacial score (nSPS) is 10.3. The third kappa shape index (κ3) is 3.15. The second-order valence-electron chi connectivity index (χ2n) is 4.75. The van der Waals surface area contributed by atoms with E-state index in [0.29, 0.717) is 5.56 Å². The molecule has 1 amide bonds. The Morgan fingerprint density at radius 1 is 1.21 bits per heavy atom. The lowest BCUT2D eigenvalue weighted by Gasteiger charge is -2.13. The van der Waals surface area contributed by atoms with E-state index in [1.54, 1.807) is 11.3 Å². The topological polar surface area (TPSA) is 32.3 Å². The first kappa shape index (κ1) is 13.6. The maximum atomic E-state index is 12.2. The van der Waals surface area contributed by atoms with E-state index in [0.717, 1.165) is 10.7 Å². The number of benzene rings is 1. The van der Waals surface area contributed by atoms with Crippen molar-refractivity contribution in [2.75, 3.05) is 24.3 Å². The van der Waals surface area contributed by atoms with Crippen LogP contribution in [0.1, 0.15) is 20.8 Å². The van der Waals surface area contributed by atoms with Gasteiger partial charge in [-0.2, -0.15) is 0 Å². The molecular formula is C15H18N2OS. The molecule has 0 bridgehead atoms. The van der Waals surface area contributed by atoms with Gasteiger partial charge in [0.25, 0.3) is 5.91 Å². The van der Waals surface area contributed by atoms with Crippen LogP contribution >= 0.6 is 11.3 Å². The number of nitrogens with one attached hydrogen (secondary N) is 1. The predicted molar refractivity (Wildman–Crippen MR) is 82.5 cm³/mol. The molecule has 0 aliphatic rings. The number of carbonyl (C=O) groups is 1. The first-order valence-corrected chi connectivity index (χ1v) is 6.95. The highest BCUT2D eigenvalue weighted by Gasteiger charge is 2.09. The largest absolute Gasteiger partial charge is 0.378 e. The van der Waals surface area contributed by atoms with Gasteiger partial charge in [0, 0.05) is 30.2 Å². The number of hydrogen-bond acceptors (Lipinski definition) is 3. The molecule has 4 heteroatoms. The van der Waals surface area contributed by atoms with Crippen LogP contribution < -0.4 is 10.2 Å². The van der Waals surface area contributed by atoms with E-state index in [9.17, 15) is 4.79 Å². The van der Waals surface area contributed by atoms with Crippen LogP contribution in [0, 0.1) is 13.8 Å². The molecule has 1 aromatic heterocycles. The number of thiophene rings is 1. The van der Waals surface area contributed by atoms with Crippen LogP contribution in [0.25, 0.3) is 0 Å². The van der Waals surface area contributed by atoms with Gasteiger partial charge < -0.3 is 10.2 Å². The Bertz CT molecular complexity index is 582. The van der Waals surface area contributed by atoms with E-state index < -0.39 is 0 Å². The second kappa shape index (κ2) is 5.45. The molecule has 0 spiro atoms. The maximum absolute atomic E-state index is 12.2. The van der Waals surface area contributed by atoms with E-state index in [4.69, 9.17) is 0 Å². The average molecular weight is 274 g/mol. The minimum absolute atomic E-state index is 0.0649. The fraction of sp³-hybridized carbons (Fsp3) is 0.267. The molecule has 3 nitrogen and oxygen atoms in total. The van der Waals surface area contributed by atoms with Gasteiger partial charge in [-0.1, -0.05) is 6.07 Å². The fourth-order valence-electron chi connectivity index (χ4n) is 1.74. The van der Waals surface area contributed by atoms with Crippen molar-refractivity contribution >= 4 is 27.9 Å². The van der Waals surface area contributed by atoms with Gasteiger partial charge in [-0.3, -0.25) is 4.79 Å². The summed E-state index contributed by atoms with van der Waals surface area (Å²) in [6.45, 7) is 4.11. The van der Waals surface area contributed by atoms with Crippen LogP contribution in [-0.4, -0.2) is 20.0 Å². The van der Waals surface area contributed by atoms with Crippen molar-refractivity contribution in [1.29, 1.82) is 0 Å². The Morgan fingerprint density at radius 2 is 1.95 bits per heavy atom. The van der Waals surface area contributed by atoms with Crippen molar-refractivity contribution in [3.8, 4) is 0 Å². The molecule has 1 aromatic carbocycles. The zero-order valence-electron chi connectivity index (χ0n) is 11.7. The van der Waals surface area contributed by atoms with Gasteiger partial charge in [-0.15, -0.1) is 11.3 Å². The number of amides is 1. The molecule has 0 saturated carbocycles. The monoisotopic (exact) mass is 274 g/mol. The maximum Gasteiger partial charge on any atom is 0.256 e. The number of hydrogen-bond donors (Lipinski definition) is 1. The number of aryl methyl sites for hydroxylation is 2. The average Bonchev–Trinajstić information content (AvgIpc) is 2.68. The quantitative estimate of drug-likeness (QED) is 0.926. The van der Waals surface area contributed by atoms with Crippen molar-refractivity contribution < 1.29 is 4.79 Å². The summed E-state index contributed by atoms with van der Waals surface area (Å²) in [5.74, 6) is -0.0649. The van der Waals surface area contributed by atoms with Crippen LogP contribution in [0.4, 0.5) is 10.7 Å². The summed E-state index contributed by atoms with van der Waals surface area (Å²) in [6.07, 6.45) is 0. The van der Waals surface area contributed by atoms with Crippen molar-refractivity contribution in [1.82, 2.24) is 0 Å². The number of nitrogens with zero attached hydrogens (tertiary/aromatic N) is 1. The summed E-state index contributed by atoms with van der Waals surface area (Å²) in [7, 11) is 3.92. The third-order valence-corrected chi connectivity index (χ3v) is 4.10. The molecule has 2 aromatic rings. The van der Waals surface area contributed by atoms with Crippen LogP contribution in [0.2, 0.25) is 0 Å². The number of carbonyl (C=O) groups excluding carboxylic acids is 1. The minimum Gasteiger partial charge on any atom is -0.378 e. The van der Waals surface area contributed by atoms with E-state index >= 15 is 0 Å². The van der Waals surface area contributed by atoms with Crippen LogP contribution in [0.15, 0.2) is 30.3 Å². The SMILES string of the molecule is Cc1cc(NC(=O)c2cccc(N(C)C)c2)sc1C. The summed E-state index contributed by atoms with van der Waals surface area (Å²) in [5, 5.41) is 3.85. The smallest absolute Gasteiger partial charge is 0.256 e. The molecule has 0 aliphatic carbocycles. The Labute approximate surface area is 117 Å². The molecule has 0 aliphatic heterocycles. The summed E-state index contributed by atoms with van der Waals surface area (Å²) < 4.78 is 0. The highest BCUT2D eigenvalue weighted by atomic mass is 32.1. The molecule has 19 heavy (non-hydrogen) atoms. The van der Waals surface area contributed by atoms with Crippen molar-refractivity contribution in [3.63, 3.8) is 0 Å². The molecule has 0 fully saturated rings. The molecular weight excluding hydrogens is 256 g/mol. The Hall–Kier alpha value is -1.81. The summed E-state index contributed by atoms with van der Waals surface area (Å²) in [6, 6.07) is 9.61. The van der Waals surface area contributed by atoms with Gasteiger partial charge in [0.15, 0.2) is 0 Å². The van der Waals surface area contributed by atoms with Gasteiger partial charge in [0.2, 0.25) is 0 Å². The van der Waals surface area contributed by atoms with Gasteiger partial charge in [0.05, 0.1) is 5.00 Å². The third-order valence-electron chi connectivity index (χ3n) is 3.03. The molecule has 0 saturated heterocycles. The molecule has 0 unspecified atom stereocenters. The van der Waals surface area contributed by atoms with E-state index in [2.05, 4.69) is 12.2 Å². The van der Waals surface area contributed by atoms with Crippen molar-refractivity contribution in [2.24, 2.45) is 0 Å². The lowest BCUT2D eigenvalue weighted by atomic mass is 10.2. The highest BCUT2D eigenvalue weighted by Crippen LogP contribution is 2.26. The molecule has 1 N–H and O–H groups in total.